The third kappa shape index (κ3) is 2.29. The molecule has 1 aliphatic heterocycles. The molecule has 0 unspecified atom stereocenters. The molecular weight excluding hydrogens is 294 g/mol. The SMILES string of the molecule is CCOC(=O)c1nn(-c2nc3ccccc3[nH]2)c2c1CNCC2. The number of benzene rings is 1. The molecule has 0 amide bonds. The van der Waals surface area contributed by atoms with Crippen molar-refractivity contribution in [2.45, 2.75) is 19.9 Å². The van der Waals surface area contributed by atoms with E-state index in [9.17, 15) is 4.79 Å². The number of aromatic nitrogens is 4. The molecule has 7 nitrogen and oxygen atoms in total. The first-order chi connectivity index (χ1) is 11.3. The first-order valence-electron chi connectivity index (χ1n) is 7.71. The number of H-pyrrole nitrogens is 1. The first-order valence-corrected chi connectivity index (χ1v) is 7.71. The number of fused-ring (bicyclic) bond motifs is 2. The van der Waals surface area contributed by atoms with E-state index in [1.54, 1.807) is 11.6 Å². The van der Waals surface area contributed by atoms with E-state index in [4.69, 9.17) is 4.74 Å². The molecule has 23 heavy (non-hydrogen) atoms. The quantitative estimate of drug-likeness (QED) is 0.717. The number of aromatic amines is 1. The number of ether oxygens (including phenoxy) is 1. The van der Waals surface area contributed by atoms with Gasteiger partial charge in [-0.05, 0) is 19.1 Å². The second kappa shape index (κ2) is 5.51. The maximum Gasteiger partial charge on any atom is 0.359 e. The lowest BCUT2D eigenvalue weighted by molar-refractivity contribution is 0.0517. The summed E-state index contributed by atoms with van der Waals surface area (Å²) < 4.78 is 6.87. The molecule has 1 aliphatic rings. The summed E-state index contributed by atoms with van der Waals surface area (Å²) in [6, 6.07) is 7.81. The largest absolute Gasteiger partial charge is 0.461 e. The van der Waals surface area contributed by atoms with Crippen molar-refractivity contribution in [3.05, 3.63) is 41.2 Å². The van der Waals surface area contributed by atoms with Gasteiger partial charge in [0.2, 0.25) is 5.95 Å². The van der Waals surface area contributed by atoms with Crippen LogP contribution < -0.4 is 5.32 Å². The number of carbonyl (C=O) groups is 1. The third-order valence-corrected chi connectivity index (χ3v) is 3.98. The van der Waals surface area contributed by atoms with Crippen LogP contribution in [0.1, 0.15) is 28.7 Å². The second-order valence-corrected chi connectivity index (χ2v) is 5.41. The van der Waals surface area contributed by atoms with Gasteiger partial charge in [0.1, 0.15) is 0 Å². The summed E-state index contributed by atoms with van der Waals surface area (Å²) >= 11 is 0. The zero-order valence-electron chi connectivity index (χ0n) is 12.8. The average molecular weight is 311 g/mol. The number of esters is 1. The van der Waals surface area contributed by atoms with Crippen LogP contribution in [0.2, 0.25) is 0 Å². The number of nitrogens with one attached hydrogen (secondary N) is 2. The molecule has 0 aliphatic carbocycles. The Morgan fingerprint density at radius 2 is 2.26 bits per heavy atom. The van der Waals surface area contributed by atoms with Crippen molar-refractivity contribution in [3.63, 3.8) is 0 Å². The van der Waals surface area contributed by atoms with Gasteiger partial charge >= 0.3 is 5.97 Å². The summed E-state index contributed by atoms with van der Waals surface area (Å²) in [5, 5.41) is 7.76. The van der Waals surface area contributed by atoms with Crippen LogP contribution in [0.15, 0.2) is 24.3 Å². The fraction of sp³-hybridized carbons (Fsp3) is 0.312. The smallest absolute Gasteiger partial charge is 0.359 e. The lowest BCUT2D eigenvalue weighted by Gasteiger charge is -2.14. The number of carbonyl (C=O) groups excluding carboxylic acids is 1. The highest BCUT2D eigenvalue weighted by Gasteiger charge is 2.27. The van der Waals surface area contributed by atoms with Crippen molar-refractivity contribution in [3.8, 4) is 5.95 Å². The van der Waals surface area contributed by atoms with Gasteiger partial charge in [-0.15, -0.1) is 0 Å². The Hall–Kier alpha value is -2.67. The van der Waals surface area contributed by atoms with Gasteiger partial charge in [0.15, 0.2) is 5.69 Å². The monoisotopic (exact) mass is 311 g/mol. The summed E-state index contributed by atoms with van der Waals surface area (Å²) in [5.74, 6) is 0.238. The molecule has 0 radical (unpaired) electrons. The third-order valence-electron chi connectivity index (χ3n) is 3.98. The molecule has 1 aromatic carbocycles. The van der Waals surface area contributed by atoms with E-state index in [1.165, 1.54) is 0 Å². The van der Waals surface area contributed by atoms with Crippen LogP contribution in [0.4, 0.5) is 0 Å². The van der Waals surface area contributed by atoms with Crippen LogP contribution >= 0.6 is 0 Å². The number of imidazole rings is 1. The van der Waals surface area contributed by atoms with Gasteiger partial charge in [0.25, 0.3) is 0 Å². The average Bonchev–Trinajstić information content (AvgIpc) is 3.16. The number of nitrogens with zero attached hydrogens (tertiary/aromatic N) is 3. The van der Waals surface area contributed by atoms with Gasteiger partial charge in [0, 0.05) is 25.1 Å². The summed E-state index contributed by atoms with van der Waals surface area (Å²) in [7, 11) is 0. The summed E-state index contributed by atoms with van der Waals surface area (Å²) in [4.78, 5) is 20.0. The highest BCUT2D eigenvalue weighted by Crippen LogP contribution is 2.23. The van der Waals surface area contributed by atoms with E-state index in [0.29, 0.717) is 24.8 Å². The number of hydrogen-bond donors (Lipinski definition) is 2. The van der Waals surface area contributed by atoms with Crippen LogP contribution in [0.3, 0.4) is 0 Å². The van der Waals surface area contributed by atoms with E-state index >= 15 is 0 Å². The Morgan fingerprint density at radius 1 is 1.39 bits per heavy atom. The van der Waals surface area contributed by atoms with Crippen LogP contribution in [0, 0.1) is 0 Å². The molecule has 0 atom stereocenters. The maximum atomic E-state index is 12.2. The van der Waals surface area contributed by atoms with Crippen LogP contribution in [0.25, 0.3) is 17.0 Å². The van der Waals surface area contributed by atoms with Gasteiger partial charge < -0.3 is 15.0 Å². The van der Waals surface area contributed by atoms with Crippen LogP contribution in [0.5, 0.6) is 0 Å². The Morgan fingerprint density at radius 3 is 3.09 bits per heavy atom. The summed E-state index contributed by atoms with van der Waals surface area (Å²) in [6.07, 6.45) is 0.790. The highest BCUT2D eigenvalue weighted by atomic mass is 16.5. The van der Waals surface area contributed by atoms with Gasteiger partial charge in [0.05, 0.1) is 23.3 Å². The molecule has 0 saturated heterocycles. The lowest BCUT2D eigenvalue weighted by atomic mass is 10.1. The fourth-order valence-corrected chi connectivity index (χ4v) is 2.93. The number of para-hydroxylation sites is 2. The molecular formula is C16H17N5O2. The fourth-order valence-electron chi connectivity index (χ4n) is 2.93. The minimum Gasteiger partial charge on any atom is -0.461 e. The summed E-state index contributed by atoms with van der Waals surface area (Å²) in [5.41, 5.74) is 4.09. The molecule has 3 aromatic rings. The molecule has 7 heteroatoms. The number of hydrogen-bond acceptors (Lipinski definition) is 5. The Labute approximate surface area is 132 Å². The van der Waals surface area contributed by atoms with E-state index in [0.717, 1.165) is 35.3 Å². The van der Waals surface area contributed by atoms with E-state index in [1.807, 2.05) is 24.3 Å². The van der Waals surface area contributed by atoms with E-state index < -0.39 is 0 Å². The second-order valence-electron chi connectivity index (χ2n) is 5.41. The predicted octanol–water partition coefficient (Wildman–Crippen LogP) is 1.57. The van der Waals surface area contributed by atoms with E-state index in [-0.39, 0.29) is 5.97 Å². The maximum absolute atomic E-state index is 12.2. The Balaban J connectivity index is 1.86. The van der Waals surface area contributed by atoms with Crippen LogP contribution in [-0.4, -0.2) is 38.9 Å². The highest BCUT2D eigenvalue weighted by molar-refractivity contribution is 5.89. The predicted molar refractivity (Wildman–Crippen MR) is 84.6 cm³/mol. The molecule has 3 heterocycles. The molecule has 2 N–H and O–H groups in total. The van der Waals surface area contributed by atoms with E-state index in [2.05, 4.69) is 20.4 Å². The van der Waals surface area contributed by atoms with Gasteiger partial charge in [-0.25, -0.2) is 14.5 Å². The zero-order chi connectivity index (χ0) is 15.8. The molecule has 0 saturated carbocycles. The van der Waals surface area contributed by atoms with Crippen LogP contribution in [-0.2, 0) is 17.7 Å². The van der Waals surface area contributed by atoms with Crippen molar-refractivity contribution in [2.75, 3.05) is 13.2 Å². The standard InChI is InChI=1S/C16H17N5O2/c1-2-23-15(22)14-10-9-17-8-7-13(10)21(20-14)16-18-11-5-3-4-6-12(11)19-16/h3-6,17H,2,7-9H2,1H3,(H,18,19). The van der Waals surface area contributed by atoms with Gasteiger partial charge in [-0.3, -0.25) is 0 Å². The van der Waals surface area contributed by atoms with Crippen molar-refractivity contribution < 1.29 is 9.53 Å². The molecule has 0 spiro atoms. The molecule has 4 rings (SSSR count). The topological polar surface area (TPSA) is 84.8 Å². The van der Waals surface area contributed by atoms with Crippen molar-refractivity contribution in [2.24, 2.45) is 0 Å². The minimum atomic E-state index is -0.387. The Bertz CT molecular complexity index is 847. The molecule has 2 aromatic heterocycles. The van der Waals surface area contributed by atoms with Crippen molar-refractivity contribution in [1.82, 2.24) is 25.1 Å². The molecule has 0 fully saturated rings. The minimum absolute atomic E-state index is 0.332. The van der Waals surface area contributed by atoms with Crippen molar-refractivity contribution >= 4 is 17.0 Å². The normalized spacial score (nSPS) is 14.0. The van der Waals surface area contributed by atoms with Gasteiger partial charge in [-0.2, -0.15) is 5.10 Å². The lowest BCUT2D eigenvalue weighted by Crippen LogP contribution is -2.25. The number of rotatable bonds is 3. The molecule has 118 valence electrons. The summed E-state index contributed by atoms with van der Waals surface area (Å²) in [6.45, 7) is 3.59. The first kappa shape index (κ1) is 14.0. The van der Waals surface area contributed by atoms with Crippen molar-refractivity contribution in [1.29, 1.82) is 0 Å². The Kier molecular flexibility index (Phi) is 3.34. The molecule has 0 bridgehead atoms. The zero-order valence-corrected chi connectivity index (χ0v) is 12.8. The van der Waals surface area contributed by atoms with Gasteiger partial charge in [-0.1, -0.05) is 12.1 Å².